The summed E-state index contributed by atoms with van der Waals surface area (Å²) in [5.74, 6) is -0.777. The van der Waals surface area contributed by atoms with Gasteiger partial charge in [0.15, 0.2) is 6.23 Å². The Balaban J connectivity index is 0.000000461. The molecule has 3 aromatic rings. The third-order valence-corrected chi connectivity index (χ3v) is 7.99. The standard InChI is InChI=1S/C24H27ClFN3O4.C6H5Cl/c1-14(15-5-7-28(8-6-15)21(31)13-30)16-9-19-22(20(26)10-16)24(33-2)29(23(19)32)12-18-4-3-17(25)11-27-18;7-6-4-2-1-3-5-6/h3-4,9-11,14-15,24,30H,5-8,12-13H2,1-2H3;1-5H. The Morgan fingerprint density at radius 3 is 2.38 bits per heavy atom. The van der Waals surface area contributed by atoms with Crippen LogP contribution in [-0.2, 0) is 16.1 Å². The first-order valence-electron chi connectivity index (χ1n) is 13.1. The Hall–Kier alpha value is -3.04. The number of piperidine rings is 1. The zero-order valence-corrected chi connectivity index (χ0v) is 23.9. The minimum atomic E-state index is -0.831. The number of aliphatic hydroxyl groups excluding tert-OH is 1. The van der Waals surface area contributed by atoms with E-state index < -0.39 is 18.7 Å². The SMILES string of the molecule is COC1c2c(F)cc(C(C)C3CCN(C(=O)CO)CC3)cc2C(=O)N1Cc1ccc(Cl)cn1.Clc1ccccc1. The number of hydrogen-bond acceptors (Lipinski definition) is 5. The average molecular weight is 589 g/mol. The van der Waals surface area contributed by atoms with Crippen LogP contribution in [0, 0.1) is 11.7 Å². The first-order valence-corrected chi connectivity index (χ1v) is 13.9. The van der Waals surface area contributed by atoms with Crippen LogP contribution < -0.4 is 0 Å². The summed E-state index contributed by atoms with van der Waals surface area (Å²) in [6.45, 7) is 2.84. The van der Waals surface area contributed by atoms with Gasteiger partial charge in [-0.1, -0.05) is 48.3 Å². The zero-order valence-electron chi connectivity index (χ0n) is 22.4. The van der Waals surface area contributed by atoms with Crippen LogP contribution >= 0.6 is 23.2 Å². The molecule has 1 saturated heterocycles. The molecule has 0 radical (unpaired) electrons. The predicted octanol–water partition coefficient (Wildman–Crippen LogP) is 5.85. The number of rotatable bonds is 6. The highest BCUT2D eigenvalue weighted by Crippen LogP contribution is 2.40. The van der Waals surface area contributed by atoms with Crippen molar-refractivity contribution in [3.05, 3.63) is 99.0 Å². The van der Waals surface area contributed by atoms with Crippen molar-refractivity contribution < 1.29 is 23.8 Å². The molecule has 212 valence electrons. The summed E-state index contributed by atoms with van der Waals surface area (Å²) in [7, 11) is 1.45. The van der Waals surface area contributed by atoms with Crippen molar-refractivity contribution in [1.29, 1.82) is 0 Å². The van der Waals surface area contributed by atoms with E-state index in [0.717, 1.165) is 23.4 Å². The van der Waals surface area contributed by atoms with Gasteiger partial charge in [-0.05, 0) is 66.6 Å². The number of likely N-dealkylation sites (tertiary alicyclic amines) is 1. The molecule has 0 aliphatic carbocycles. The molecule has 2 aliphatic heterocycles. The number of hydrogen-bond donors (Lipinski definition) is 1. The number of aromatic nitrogens is 1. The highest BCUT2D eigenvalue weighted by molar-refractivity contribution is 6.30. The van der Waals surface area contributed by atoms with Gasteiger partial charge in [0.1, 0.15) is 12.4 Å². The number of amides is 2. The molecule has 2 aliphatic rings. The van der Waals surface area contributed by atoms with Gasteiger partial charge >= 0.3 is 0 Å². The number of aliphatic hydroxyl groups is 1. The summed E-state index contributed by atoms with van der Waals surface area (Å²) >= 11 is 11.4. The minimum absolute atomic E-state index is 0.0111. The molecule has 0 bridgehead atoms. The highest BCUT2D eigenvalue weighted by Gasteiger charge is 2.40. The molecule has 0 spiro atoms. The first-order chi connectivity index (χ1) is 19.2. The van der Waals surface area contributed by atoms with Crippen molar-refractivity contribution in [3.8, 4) is 0 Å². The van der Waals surface area contributed by atoms with Crippen molar-refractivity contribution in [1.82, 2.24) is 14.8 Å². The number of carbonyl (C=O) groups excluding carboxylic acids is 2. The summed E-state index contributed by atoms with van der Waals surface area (Å²) in [4.78, 5) is 32.3. The maximum absolute atomic E-state index is 15.3. The van der Waals surface area contributed by atoms with Gasteiger partial charge in [0.25, 0.3) is 5.91 Å². The second-order valence-corrected chi connectivity index (χ2v) is 10.8. The molecule has 5 rings (SSSR count). The van der Waals surface area contributed by atoms with Gasteiger partial charge in [0.05, 0.1) is 22.8 Å². The van der Waals surface area contributed by atoms with Crippen LogP contribution in [0.15, 0.2) is 60.8 Å². The Morgan fingerprint density at radius 2 is 1.82 bits per heavy atom. The van der Waals surface area contributed by atoms with E-state index >= 15 is 4.39 Å². The van der Waals surface area contributed by atoms with Crippen LogP contribution in [0.4, 0.5) is 4.39 Å². The van der Waals surface area contributed by atoms with Crippen molar-refractivity contribution >= 4 is 35.0 Å². The second kappa shape index (κ2) is 13.5. The molecule has 40 heavy (non-hydrogen) atoms. The highest BCUT2D eigenvalue weighted by atomic mass is 35.5. The quantitative estimate of drug-likeness (QED) is 0.391. The first kappa shape index (κ1) is 29.9. The van der Waals surface area contributed by atoms with Crippen molar-refractivity contribution in [3.63, 3.8) is 0 Å². The number of halogens is 3. The monoisotopic (exact) mass is 587 g/mol. The molecular weight excluding hydrogens is 556 g/mol. The summed E-state index contributed by atoms with van der Waals surface area (Å²) in [6.07, 6.45) is 2.19. The number of benzene rings is 2. The van der Waals surface area contributed by atoms with E-state index in [1.165, 1.54) is 24.3 Å². The summed E-state index contributed by atoms with van der Waals surface area (Å²) in [6, 6.07) is 16.1. The lowest BCUT2D eigenvalue weighted by Crippen LogP contribution is -2.40. The Morgan fingerprint density at radius 1 is 1.12 bits per heavy atom. The van der Waals surface area contributed by atoms with Gasteiger partial charge in [-0.2, -0.15) is 0 Å². The normalized spacial score (nSPS) is 17.8. The van der Waals surface area contributed by atoms with Gasteiger partial charge in [-0.15, -0.1) is 0 Å². The molecule has 7 nitrogen and oxygen atoms in total. The lowest BCUT2D eigenvalue weighted by molar-refractivity contribution is -0.135. The molecule has 1 fully saturated rings. The minimum Gasteiger partial charge on any atom is -0.387 e. The van der Waals surface area contributed by atoms with E-state index in [0.29, 0.717) is 29.4 Å². The van der Waals surface area contributed by atoms with Gasteiger partial charge < -0.3 is 19.6 Å². The molecule has 2 atom stereocenters. The maximum atomic E-state index is 15.3. The van der Waals surface area contributed by atoms with Gasteiger partial charge in [0.2, 0.25) is 5.91 Å². The van der Waals surface area contributed by atoms with Crippen LogP contribution in [0.1, 0.15) is 59.1 Å². The fraction of sp³-hybridized carbons (Fsp3) is 0.367. The number of ether oxygens (including phenoxy) is 1. The zero-order chi connectivity index (χ0) is 28.8. The number of carbonyl (C=O) groups is 2. The molecule has 3 heterocycles. The van der Waals surface area contributed by atoms with E-state index in [2.05, 4.69) is 4.98 Å². The second-order valence-electron chi connectivity index (χ2n) is 9.91. The Labute approximate surface area is 243 Å². The van der Waals surface area contributed by atoms with Gasteiger partial charge in [-0.25, -0.2) is 4.39 Å². The summed E-state index contributed by atoms with van der Waals surface area (Å²) in [5.41, 5.74) is 1.94. The molecule has 1 aromatic heterocycles. The van der Waals surface area contributed by atoms with Crippen molar-refractivity contribution in [2.45, 2.75) is 38.5 Å². The molecule has 10 heteroatoms. The van der Waals surface area contributed by atoms with Crippen molar-refractivity contribution in [2.24, 2.45) is 5.92 Å². The predicted molar refractivity (Wildman–Crippen MR) is 152 cm³/mol. The van der Waals surface area contributed by atoms with Crippen LogP contribution in [0.3, 0.4) is 0 Å². The van der Waals surface area contributed by atoms with Crippen LogP contribution in [0.2, 0.25) is 10.0 Å². The molecule has 2 aromatic carbocycles. The van der Waals surface area contributed by atoms with Gasteiger partial charge in [-0.3, -0.25) is 14.6 Å². The Bertz CT molecular complexity index is 1320. The summed E-state index contributed by atoms with van der Waals surface area (Å²) in [5, 5.41) is 10.4. The van der Waals surface area contributed by atoms with Crippen LogP contribution in [0.5, 0.6) is 0 Å². The molecule has 0 saturated carbocycles. The van der Waals surface area contributed by atoms with Gasteiger partial charge in [0, 0.05) is 37.0 Å². The smallest absolute Gasteiger partial charge is 0.257 e. The van der Waals surface area contributed by atoms with Crippen LogP contribution in [0.25, 0.3) is 0 Å². The van der Waals surface area contributed by atoms with E-state index in [4.69, 9.17) is 33.0 Å². The number of nitrogens with zero attached hydrogens (tertiary/aromatic N) is 3. The van der Waals surface area contributed by atoms with E-state index in [1.807, 2.05) is 37.3 Å². The number of methoxy groups -OCH3 is 1. The fourth-order valence-electron chi connectivity index (χ4n) is 5.26. The lowest BCUT2D eigenvalue weighted by atomic mass is 9.80. The van der Waals surface area contributed by atoms with E-state index in [1.54, 1.807) is 23.1 Å². The van der Waals surface area contributed by atoms with E-state index in [-0.39, 0.29) is 35.8 Å². The molecule has 1 N–H and O–H groups in total. The Kier molecular flexibility index (Phi) is 10.1. The molecule has 2 unspecified atom stereocenters. The van der Waals surface area contributed by atoms with Crippen LogP contribution in [-0.4, -0.2) is 58.5 Å². The summed E-state index contributed by atoms with van der Waals surface area (Å²) < 4.78 is 20.8. The molecular formula is C30H32Cl2FN3O4. The maximum Gasteiger partial charge on any atom is 0.257 e. The largest absolute Gasteiger partial charge is 0.387 e. The molecule has 2 amide bonds. The van der Waals surface area contributed by atoms with Crippen molar-refractivity contribution in [2.75, 3.05) is 26.8 Å². The number of fused-ring (bicyclic) bond motifs is 1. The average Bonchev–Trinajstić information content (AvgIpc) is 3.25. The lowest BCUT2D eigenvalue weighted by Gasteiger charge is -2.35. The van der Waals surface area contributed by atoms with E-state index in [9.17, 15) is 9.59 Å². The number of pyridine rings is 1. The fourth-order valence-corrected chi connectivity index (χ4v) is 5.51. The topological polar surface area (TPSA) is 83.0 Å². The third-order valence-electron chi connectivity index (χ3n) is 7.51. The third kappa shape index (κ3) is 6.81.